The van der Waals surface area contributed by atoms with E-state index in [-0.39, 0.29) is 5.91 Å². The van der Waals surface area contributed by atoms with Gasteiger partial charge in [-0.1, -0.05) is 23.9 Å². The first-order chi connectivity index (χ1) is 13.6. The van der Waals surface area contributed by atoms with Gasteiger partial charge in [-0.25, -0.2) is 9.97 Å². The zero-order valence-electron chi connectivity index (χ0n) is 15.9. The lowest BCUT2D eigenvalue weighted by Gasteiger charge is -2.30. The number of hydrogen-bond acceptors (Lipinski definition) is 7. The first-order valence-corrected chi connectivity index (χ1v) is 11.0. The predicted octanol–water partition coefficient (Wildman–Crippen LogP) is 3.88. The molecular weight excluding hydrogens is 392 g/mol. The molecule has 6 nitrogen and oxygen atoms in total. The van der Waals surface area contributed by atoms with Gasteiger partial charge in [0.1, 0.15) is 16.2 Å². The molecule has 146 valence electrons. The van der Waals surface area contributed by atoms with Crippen molar-refractivity contribution >= 4 is 50.6 Å². The fourth-order valence-electron chi connectivity index (χ4n) is 3.24. The summed E-state index contributed by atoms with van der Waals surface area (Å²) in [7, 11) is 0. The number of fused-ring (bicyclic) bond motifs is 1. The molecule has 1 saturated heterocycles. The molecule has 8 heteroatoms. The van der Waals surface area contributed by atoms with Crippen LogP contribution in [0.5, 0.6) is 0 Å². The fourth-order valence-corrected chi connectivity index (χ4v) is 5.16. The van der Waals surface area contributed by atoms with Crippen LogP contribution in [-0.2, 0) is 9.53 Å². The van der Waals surface area contributed by atoms with Crippen LogP contribution in [0, 0.1) is 13.8 Å². The number of morpholine rings is 1. The molecule has 28 heavy (non-hydrogen) atoms. The summed E-state index contributed by atoms with van der Waals surface area (Å²) in [6, 6.07) is 7.93. The van der Waals surface area contributed by atoms with Gasteiger partial charge in [0.15, 0.2) is 0 Å². The van der Waals surface area contributed by atoms with Gasteiger partial charge in [-0.05, 0) is 31.5 Å². The van der Waals surface area contributed by atoms with E-state index < -0.39 is 0 Å². The van der Waals surface area contributed by atoms with E-state index in [1.807, 2.05) is 24.3 Å². The second-order valence-corrected chi connectivity index (χ2v) is 8.76. The van der Waals surface area contributed by atoms with E-state index >= 15 is 0 Å². The predicted molar refractivity (Wildman–Crippen MR) is 116 cm³/mol. The van der Waals surface area contributed by atoms with Gasteiger partial charge >= 0.3 is 0 Å². The number of rotatable bonds is 5. The maximum Gasteiger partial charge on any atom is 0.234 e. The van der Waals surface area contributed by atoms with E-state index in [0.717, 1.165) is 39.7 Å². The number of anilines is 2. The van der Waals surface area contributed by atoms with E-state index in [1.165, 1.54) is 22.2 Å². The molecule has 0 unspecified atom stereocenters. The standard InChI is InChI=1S/C20H22N4O2S2/c1-13-14(2)28-20-18(13)19(21-12-22-20)27-11-17(25)23-15-5-3-4-6-16(15)24-7-9-26-10-8-24/h3-6,12H,7-11H2,1-2H3,(H,23,25). The highest BCUT2D eigenvalue weighted by molar-refractivity contribution is 8.00. The minimum atomic E-state index is -0.0397. The van der Waals surface area contributed by atoms with Gasteiger partial charge in [0.2, 0.25) is 5.91 Å². The van der Waals surface area contributed by atoms with Crippen LogP contribution in [0.2, 0.25) is 0 Å². The van der Waals surface area contributed by atoms with E-state index in [2.05, 4.69) is 34.0 Å². The average molecular weight is 415 g/mol. The first-order valence-electron chi connectivity index (χ1n) is 9.18. The summed E-state index contributed by atoms with van der Waals surface area (Å²) < 4.78 is 5.43. The molecule has 0 spiro atoms. The van der Waals surface area contributed by atoms with Crippen molar-refractivity contribution < 1.29 is 9.53 Å². The highest BCUT2D eigenvalue weighted by Gasteiger charge is 2.17. The van der Waals surface area contributed by atoms with Crippen LogP contribution < -0.4 is 10.2 Å². The Hall–Kier alpha value is -2.16. The zero-order valence-corrected chi connectivity index (χ0v) is 17.5. The second-order valence-electron chi connectivity index (χ2n) is 6.60. The fraction of sp³-hybridized carbons (Fsp3) is 0.350. The van der Waals surface area contributed by atoms with E-state index in [1.54, 1.807) is 17.7 Å². The van der Waals surface area contributed by atoms with Crippen molar-refractivity contribution in [2.45, 2.75) is 18.9 Å². The largest absolute Gasteiger partial charge is 0.378 e. The number of thiophene rings is 1. The molecule has 1 N–H and O–H groups in total. The Labute approximate surface area is 172 Å². The summed E-state index contributed by atoms with van der Waals surface area (Å²) in [5, 5.41) is 4.99. The first kappa shape index (κ1) is 19.2. The Morgan fingerprint density at radius 2 is 2.04 bits per heavy atom. The van der Waals surface area contributed by atoms with Crippen molar-refractivity contribution in [3.8, 4) is 0 Å². The van der Waals surface area contributed by atoms with Crippen molar-refractivity contribution in [2.75, 3.05) is 42.3 Å². The number of aromatic nitrogens is 2. The third kappa shape index (κ3) is 3.99. The van der Waals surface area contributed by atoms with Gasteiger partial charge in [-0.3, -0.25) is 4.79 Å². The van der Waals surface area contributed by atoms with Crippen LogP contribution in [0.1, 0.15) is 10.4 Å². The molecule has 1 amide bonds. The van der Waals surface area contributed by atoms with Crippen molar-refractivity contribution in [3.63, 3.8) is 0 Å². The Bertz CT molecular complexity index is 999. The molecule has 2 aromatic heterocycles. The van der Waals surface area contributed by atoms with Crippen molar-refractivity contribution in [3.05, 3.63) is 41.0 Å². The van der Waals surface area contributed by atoms with Crippen LogP contribution >= 0.6 is 23.1 Å². The van der Waals surface area contributed by atoms with Gasteiger partial charge in [-0.15, -0.1) is 11.3 Å². The maximum absolute atomic E-state index is 12.6. The van der Waals surface area contributed by atoms with Crippen LogP contribution in [0.15, 0.2) is 35.6 Å². The van der Waals surface area contributed by atoms with Gasteiger partial charge in [0.25, 0.3) is 0 Å². The molecule has 0 bridgehead atoms. The monoisotopic (exact) mass is 414 g/mol. The molecule has 0 radical (unpaired) electrons. The zero-order chi connectivity index (χ0) is 19.5. The number of benzene rings is 1. The Morgan fingerprint density at radius 1 is 1.25 bits per heavy atom. The number of thioether (sulfide) groups is 1. The van der Waals surface area contributed by atoms with Crippen molar-refractivity contribution in [1.29, 1.82) is 0 Å². The number of carbonyl (C=O) groups excluding carboxylic acids is 1. The van der Waals surface area contributed by atoms with Gasteiger partial charge in [0.05, 0.1) is 30.3 Å². The highest BCUT2D eigenvalue weighted by atomic mass is 32.2. The summed E-state index contributed by atoms with van der Waals surface area (Å²) in [5.41, 5.74) is 3.07. The van der Waals surface area contributed by atoms with Crippen molar-refractivity contribution in [2.24, 2.45) is 0 Å². The van der Waals surface area contributed by atoms with Crippen LogP contribution in [0.25, 0.3) is 10.2 Å². The van der Waals surface area contributed by atoms with Crippen LogP contribution in [0.4, 0.5) is 11.4 Å². The summed E-state index contributed by atoms with van der Waals surface area (Å²) in [6.45, 7) is 7.25. The number of nitrogens with one attached hydrogen (secondary N) is 1. The number of carbonyl (C=O) groups is 1. The lowest BCUT2D eigenvalue weighted by molar-refractivity contribution is -0.113. The van der Waals surface area contributed by atoms with Gasteiger partial charge in [-0.2, -0.15) is 0 Å². The molecule has 0 atom stereocenters. The molecule has 1 aliphatic heterocycles. The number of hydrogen-bond donors (Lipinski definition) is 1. The van der Waals surface area contributed by atoms with E-state index in [0.29, 0.717) is 19.0 Å². The maximum atomic E-state index is 12.6. The van der Waals surface area contributed by atoms with Crippen LogP contribution in [-0.4, -0.2) is 47.9 Å². The number of ether oxygens (including phenoxy) is 1. The Balaban J connectivity index is 1.46. The summed E-state index contributed by atoms with van der Waals surface area (Å²) in [5.74, 6) is 0.264. The summed E-state index contributed by atoms with van der Waals surface area (Å²) in [4.78, 5) is 25.9. The Kier molecular flexibility index (Phi) is 5.79. The molecular formula is C20H22N4O2S2. The lowest BCUT2D eigenvalue weighted by atomic mass is 10.2. The Morgan fingerprint density at radius 3 is 2.86 bits per heavy atom. The lowest BCUT2D eigenvalue weighted by Crippen LogP contribution is -2.36. The normalized spacial score (nSPS) is 14.4. The second kappa shape index (κ2) is 8.46. The van der Waals surface area contributed by atoms with E-state index in [9.17, 15) is 4.79 Å². The van der Waals surface area contributed by atoms with Crippen LogP contribution in [0.3, 0.4) is 0 Å². The molecule has 3 heterocycles. The highest BCUT2D eigenvalue weighted by Crippen LogP contribution is 2.34. The summed E-state index contributed by atoms with van der Waals surface area (Å²) >= 11 is 3.12. The molecule has 0 saturated carbocycles. The molecule has 1 fully saturated rings. The number of para-hydroxylation sites is 2. The number of amides is 1. The molecule has 4 rings (SSSR count). The smallest absolute Gasteiger partial charge is 0.234 e. The minimum absolute atomic E-state index is 0.0397. The average Bonchev–Trinajstić information content (AvgIpc) is 3.02. The quantitative estimate of drug-likeness (QED) is 0.505. The van der Waals surface area contributed by atoms with Gasteiger partial charge < -0.3 is 15.0 Å². The SMILES string of the molecule is Cc1sc2ncnc(SCC(=O)Nc3ccccc3N3CCOCC3)c2c1C. The minimum Gasteiger partial charge on any atom is -0.378 e. The summed E-state index contributed by atoms with van der Waals surface area (Å²) in [6.07, 6.45) is 1.58. The molecule has 1 aromatic carbocycles. The topological polar surface area (TPSA) is 67.4 Å². The van der Waals surface area contributed by atoms with E-state index in [4.69, 9.17) is 4.74 Å². The number of nitrogens with zero attached hydrogens (tertiary/aromatic N) is 3. The van der Waals surface area contributed by atoms with Gasteiger partial charge in [0, 0.05) is 23.4 Å². The third-order valence-corrected chi connectivity index (χ3v) is 6.91. The molecule has 0 aliphatic carbocycles. The molecule has 1 aliphatic rings. The number of aryl methyl sites for hydroxylation is 2. The van der Waals surface area contributed by atoms with Crippen molar-refractivity contribution in [1.82, 2.24) is 9.97 Å². The third-order valence-electron chi connectivity index (χ3n) is 4.80. The molecule has 3 aromatic rings.